The monoisotopic (exact) mass is 284 g/mol. The normalized spacial score (nSPS) is 22.7. The minimum Gasteiger partial charge on any atom is -0.468 e. The third kappa shape index (κ3) is 5.04. The zero-order valence-corrected chi connectivity index (χ0v) is 12.8. The molecule has 2 rings (SSSR count). The molecule has 1 aliphatic heterocycles. The van der Waals surface area contributed by atoms with Crippen molar-refractivity contribution in [2.75, 3.05) is 40.5 Å². The Morgan fingerprint density at radius 2 is 1.95 bits per heavy atom. The molecule has 1 atom stereocenters. The van der Waals surface area contributed by atoms with Crippen molar-refractivity contribution in [1.29, 1.82) is 0 Å². The van der Waals surface area contributed by atoms with Crippen molar-refractivity contribution in [3.63, 3.8) is 0 Å². The van der Waals surface area contributed by atoms with Crippen molar-refractivity contribution in [2.24, 2.45) is 5.92 Å². The molecule has 0 spiro atoms. The van der Waals surface area contributed by atoms with E-state index < -0.39 is 0 Å². The molecule has 116 valence electrons. The first-order chi connectivity index (χ1) is 9.72. The first-order valence-corrected chi connectivity index (χ1v) is 7.78. The Kier molecular flexibility index (Phi) is 6.26. The summed E-state index contributed by atoms with van der Waals surface area (Å²) in [5.41, 5.74) is 0. The average Bonchev–Trinajstić information content (AvgIpc) is 3.28. The molecular formula is C15H28N2O3. The van der Waals surface area contributed by atoms with E-state index in [0.717, 1.165) is 32.7 Å². The number of hydrogen-bond acceptors (Lipinski definition) is 5. The van der Waals surface area contributed by atoms with E-state index in [9.17, 15) is 4.79 Å². The fourth-order valence-corrected chi connectivity index (χ4v) is 2.87. The van der Waals surface area contributed by atoms with E-state index in [1.54, 1.807) is 7.11 Å². The van der Waals surface area contributed by atoms with Crippen LogP contribution in [0.1, 0.15) is 32.1 Å². The van der Waals surface area contributed by atoms with Crippen LogP contribution < -0.4 is 5.32 Å². The van der Waals surface area contributed by atoms with E-state index in [1.807, 2.05) is 0 Å². The van der Waals surface area contributed by atoms with Gasteiger partial charge in [0.05, 0.1) is 7.11 Å². The summed E-state index contributed by atoms with van der Waals surface area (Å²) < 4.78 is 10.1. The Bertz CT molecular complexity index is 299. The number of ether oxygens (including phenoxy) is 2. The summed E-state index contributed by atoms with van der Waals surface area (Å²) in [5, 5.41) is 3.39. The zero-order valence-electron chi connectivity index (χ0n) is 12.8. The predicted molar refractivity (Wildman–Crippen MR) is 77.6 cm³/mol. The van der Waals surface area contributed by atoms with Crippen molar-refractivity contribution in [2.45, 2.75) is 44.2 Å². The number of rotatable bonds is 8. The van der Waals surface area contributed by atoms with E-state index in [2.05, 4.69) is 10.2 Å². The van der Waals surface area contributed by atoms with Crippen LogP contribution in [-0.4, -0.2) is 63.4 Å². The Morgan fingerprint density at radius 3 is 2.50 bits per heavy atom. The molecule has 0 bridgehead atoms. The van der Waals surface area contributed by atoms with Gasteiger partial charge in [0, 0.05) is 26.3 Å². The molecular weight excluding hydrogens is 256 g/mol. The molecule has 2 fully saturated rings. The Labute approximate surface area is 122 Å². The smallest absolute Gasteiger partial charge is 0.322 e. The van der Waals surface area contributed by atoms with Gasteiger partial charge in [-0.3, -0.25) is 4.79 Å². The number of hydrogen-bond donors (Lipinski definition) is 1. The van der Waals surface area contributed by atoms with Crippen LogP contribution in [0.5, 0.6) is 0 Å². The lowest BCUT2D eigenvalue weighted by atomic mass is 9.97. The predicted octanol–water partition coefficient (Wildman–Crippen LogP) is 1.03. The summed E-state index contributed by atoms with van der Waals surface area (Å²) in [7, 11) is 3.25. The Hall–Kier alpha value is -0.650. The van der Waals surface area contributed by atoms with Gasteiger partial charge in [-0.05, 0) is 51.1 Å². The number of nitrogens with zero attached hydrogens (tertiary/aromatic N) is 1. The molecule has 1 heterocycles. The van der Waals surface area contributed by atoms with Crippen LogP contribution in [0, 0.1) is 5.92 Å². The average molecular weight is 284 g/mol. The lowest BCUT2D eigenvalue weighted by Gasteiger charge is -2.32. The van der Waals surface area contributed by atoms with Crippen LogP contribution >= 0.6 is 0 Å². The molecule has 5 nitrogen and oxygen atoms in total. The lowest BCUT2D eigenvalue weighted by molar-refractivity contribution is -0.143. The highest BCUT2D eigenvalue weighted by Gasteiger charge is 2.29. The third-order valence-corrected chi connectivity index (χ3v) is 4.34. The Balaban J connectivity index is 1.68. The second kappa shape index (κ2) is 7.96. The summed E-state index contributed by atoms with van der Waals surface area (Å²) in [6.07, 6.45) is 5.63. The molecule has 0 radical (unpaired) electrons. The summed E-state index contributed by atoms with van der Waals surface area (Å²) in [6, 6.07) is 0.399. The summed E-state index contributed by atoms with van der Waals surface area (Å²) in [5.74, 6) is 0.586. The zero-order chi connectivity index (χ0) is 14.4. The van der Waals surface area contributed by atoms with E-state index in [4.69, 9.17) is 9.47 Å². The molecule has 20 heavy (non-hydrogen) atoms. The molecule has 1 saturated carbocycles. The highest BCUT2D eigenvalue weighted by molar-refractivity contribution is 5.75. The van der Waals surface area contributed by atoms with E-state index in [1.165, 1.54) is 32.8 Å². The van der Waals surface area contributed by atoms with Crippen LogP contribution in [0.25, 0.3) is 0 Å². The number of carbonyl (C=O) groups is 1. The van der Waals surface area contributed by atoms with Crippen molar-refractivity contribution in [3.05, 3.63) is 0 Å². The molecule has 0 amide bonds. The van der Waals surface area contributed by atoms with Crippen molar-refractivity contribution < 1.29 is 14.3 Å². The maximum absolute atomic E-state index is 11.8. The summed E-state index contributed by atoms with van der Waals surface area (Å²) >= 11 is 0. The van der Waals surface area contributed by atoms with Crippen molar-refractivity contribution >= 4 is 5.97 Å². The second-order valence-electron chi connectivity index (χ2n) is 6.05. The molecule has 5 heteroatoms. The number of esters is 1. The molecule has 1 N–H and O–H groups in total. The second-order valence-corrected chi connectivity index (χ2v) is 6.05. The SMILES string of the molecule is COCC1CCN(CCC(NC2CC2)C(=O)OC)CC1. The van der Waals surface area contributed by atoms with Crippen molar-refractivity contribution in [3.8, 4) is 0 Å². The fraction of sp³-hybridized carbons (Fsp3) is 0.933. The van der Waals surface area contributed by atoms with E-state index in [0.29, 0.717) is 12.0 Å². The van der Waals surface area contributed by atoms with E-state index >= 15 is 0 Å². The van der Waals surface area contributed by atoms with Gasteiger partial charge < -0.3 is 19.7 Å². The minimum atomic E-state index is -0.135. The van der Waals surface area contributed by atoms with Gasteiger partial charge in [-0.25, -0.2) is 0 Å². The number of likely N-dealkylation sites (tertiary alicyclic amines) is 1. The van der Waals surface area contributed by atoms with Gasteiger partial charge in [0.1, 0.15) is 6.04 Å². The quantitative estimate of drug-likeness (QED) is 0.675. The first-order valence-electron chi connectivity index (χ1n) is 7.78. The lowest BCUT2D eigenvalue weighted by Crippen LogP contribution is -2.43. The van der Waals surface area contributed by atoms with Crippen LogP contribution in [0.3, 0.4) is 0 Å². The number of piperidine rings is 1. The van der Waals surface area contributed by atoms with E-state index in [-0.39, 0.29) is 12.0 Å². The van der Waals surface area contributed by atoms with Crippen molar-refractivity contribution in [1.82, 2.24) is 10.2 Å². The molecule has 2 aliphatic rings. The number of methoxy groups -OCH3 is 2. The fourth-order valence-electron chi connectivity index (χ4n) is 2.87. The largest absolute Gasteiger partial charge is 0.468 e. The number of carbonyl (C=O) groups excluding carboxylic acids is 1. The van der Waals surface area contributed by atoms with Crippen LogP contribution in [0.4, 0.5) is 0 Å². The highest BCUT2D eigenvalue weighted by atomic mass is 16.5. The molecule has 0 aromatic carbocycles. The first kappa shape index (κ1) is 15.7. The van der Waals surface area contributed by atoms with Crippen LogP contribution in [0.15, 0.2) is 0 Å². The molecule has 0 aromatic heterocycles. The molecule has 0 aromatic rings. The maximum Gasteiger partial charge on any atom is 0.322 e. The van der Waals surface area contributed by atoms with Crippen LogP contribution in [0.2, 0.25) is 0 Å². The van der Waals surface area contributed by atoms with Gasteiger partial charge >= 0.3 is 5.97 Å². The maximum atomic E-state index is 11.8. The minimum absolute atomic E-state index is 0.119. The highest BCUT2D eigenvalue weighted by Crippen LogP contribution is 2.21. The molecule has 1 unspecified atom stereocenters. The summed E-state index contributed by atoms with van der Waals surface area (Å²) in [4.78, 5) is 14.2. The third-order valence-electron chi connectivity index (χ3n) is 4.34. The number of nitrogens with one attached hydrogen (secondary N) is 1. The van der Waals surface area contributed by atoms with Crippen LogP contribution in [-0.2, 0) is 14.3 Å². The van der Waals surface area contributed by atoms with Gasteiger partial charge in [0.2, 0.25) is 0 Å². The Morgan fingerprint density at radius 1 is 1.25 bits per heavy atom. The van der Waals surface area contributed by atoms with Gasteiger partial charge in [0.25, 0.3) is 0 Å². The molecule has 1 saturated heterocycles. The van der Waals surface area contributed by atoms with Gasteiger partial charge in [-0.15, -0.1) is 0 Å². The standard InChI is InChI=1S/C15H28N2O3/c1-19-11-12-5-8-17(9-6-12)10-7-14(15(18)20-2)16-13-3-4-13/h12-14,16H,3-11H2,1-2H3. The summed E-state index contributed by atoms with van der Waals surface area (Å²) in [6.45, 7) is 4.08. The molecule has 1 aliphatic carbocycles. The van der Waals surface area contributed by atoms with Gasteiger partial charge in [-0.1, -0.05) is 0 Å². The van der Waals surface area contributed by atoms with Gasteiger partial charge in [0.15, 0.2) is 0 Å². The topological polar surface area (TPSA) is 50.8 Å². The van der Waals surface area contributed by atoms with Gasteiger partial charge in [-0.2, -0.15) is 0 Å².